The number of anilines is 3. The number of nitrogens with zero attached hydrogens (tertiary/aromatic N) is 1. The Morgan fingerprint density at radius 2 is 1.06 bits per heavy atom. The van der Waals surface area contributed by atoms with E-state index in [1.54, 1.807) is 0 Å². The molecule has 0 unspecified atom stereocenters. The number of hydrogen-bond acceptors (Lipinski definition) is 2. The molecule has 6 aromatic rings. The maximum absolute atomic E-state index is 2.37. The molecule has 0 bridgehead atoms. The van der Waals surface area contributed by atoms with Crippen LogP contribution in [0, 0.1) is 0 Å². The van der Waals surface area contributed by atoms with Crippen molar-refractivity contribution in [3.05, 3.63) is 139 Å². The van der Waals surface area contributed by atoms with Crippen LogP contribution in [0.15, 0.2) is 127 Å². The largest absolute Gasteiger partial charge is 0.310 e. The molecule has 0 saturated heterocycles. The van der Waals surface area contributed by atoms with Crippen molar-refractivity contribution in [2.24, 2.45) is 0 Å². The minimum atomic E-state index is 0.908. The monoisotopic (exact) mass is 441 g/mol. The van der Waals surface area contributed by atoms with E-state index in [4.69, 9.17) is 0 Å². The predicted molar refractivity (Wildman–Crippen MR) is 143 cm³/mol. The van der Waals surface area contributed by atoms with Crippen LogP contribution in [0.1, 0.15) is 11.1 Å². The van der Waals surface area contributed by atoms with Gasteiger partial charge in [0.25, 0.3) is 0 Å². The summed E-state index contributed by atoms with van der Waals surface area (Å²) in [5.41, 5.74) is 6.14. The summed E-state index contributed by atoms with van der Waals surface area (Å²) in [4.78, 5) is 2.32. The molecule has 33 heavy (non-hydrogen) atoms. The Balaban J connectivity index is 1.38. The molecule has 0 aliphatic rings. The molecule has 0 radical (unpaired) electrons. The molecule has 0 fully saturated rings. The lowest BCUT2D eigenvalue weighted by molar-refractivity contribution is 1.18. The van der Waals surface area contributed by atoms with Gasteiger partial charge in [-0.3, -0.25) is 0 Å². The van der Waals surface area contributed by atoms with Crippen molar-refractivity contribution < 1.29 is 0 Å². The minimum Gasteiger partial charge on any atom is -0.310 e. The molecule has 6 rings (SSSR count). The molecule has 0 aliphatic heterocycles. The zero-order chi connectivity index (χ0) is 22.0. The van der Waals surface area contributed by atoms with Gasteiger partial charge in [-0.1, -0.05) is 72.8 Å². The van der Waals surface area contributed by atoms with E-state index < -0.39 is 0 Å². The summed E-state index contributed by atoms with van der Waals surface area (Å²) < 4.78 is 2.71. The Morgan fingerprint density at radius 3 is 1.82 bits per heavy atom. The molecule has 1 aromatic heterocycles. The highest BCUT2D eigenvalue weighted by Gasteiger charge is 2.12. The van der Waals surface area contributed by atoms with Crippen molar-refractivity contribution in [1.29, 1.82) is 0 Å². The SMILES string of the molecule is c1ccc(N(c2ccccc2)c2cccc(Cc3ccc4sc5ccccc5c4c3)c2)cc1. The second kappa shape index (κ2) is 8.57. The van der Waals surface area contributed by atoms with E-state index in [0.717, 1.165) is 17.8 Å². The highest BCUT2D eigenvalue weighted by molar-refractivity contribution is 7.25. The third-order valence-electron chi connectivity index (χ3n) is 6.05. The topological polar surface area (TPSA) is 3.24 Å². The predicted octanol–water partition coefficient (Wildman–Crippen LogP) is 9.12. The quantitative estimate of drug-likeness (QED) is 0.258. The van der Waals surface area contributed by atoms with Crippen molar-refractivity contribution in [3.63, 3.8) is 0 Å². The van der Waals surface area contributed by atoms with Crippen molar-refractivity contribution in [3.8, 4) is 0 Å². The third kappa shape index (κ3) is 3.90. The molecule has 0 N–H and O–H groups in total. The Hall–Kier alpha value is -3.88. The number of benzene rings is 5. The van der Waals surface area contributed by atoms with Gasteiger partial charge in [-0.15, -0.1) is 11.3 Å². The number of hydrogen-bond donors (Lipinski definition) is 0. The average Bonchev–Trinajstić information content (AvgIpc) is 3.24. The van der Waals surface area contributed by atoms with Gasteiger partial charge in [0, 0.05) is 37.2 Å². The zero-order valence-corrected chi connectivity index (χ0v) is 19.0. The molecule has 0 atom stereocenters. The first kappa shape index (κ1) is 19.8. The molecule has 1 nitrogen and oxygen atoms in total. The lowest BCUT2D eigenvalue weighted by Crippen LogP contribution is -2.10. The van der Waals surface area contributed by atoms with Gasteiger partial charge in [-0.2, -0.15) is 0 Å². The normalized spacial score (nSPS) is 11.2. The number of fused-ring (bicyclic) bond motifs is 3. The van der Waals surface area contributed by atoms with Crippen molar-refractivity contribution >= 4 is 48.6 Å². The summed E-state index contributed by atoms with van der Waals surface area (Å²) >= 11 is 1.87. The van der Waals surface area contributed by atoms with Crippen LogP contribution >= 0.6 is 11.3 Å². The Labute approximate surface area is 198 Å². The van der Waals surface area contributed by atoms with Crippen LogP contribution in [-0.2, 0) is 6.42 Å². The summed E-state index contributed by atoms with van der Waals surface area (Å²) in [6, 6.07) is 45.7. The zero-order valence-electron chi connectivity index (χ0n) is 18.2. The van der Waals surface area contributed by atoms with E-state index in [0.29, 0.717) is 0 Å². The van der Waals surface area contributed by atoms with Gasteiger partial charge in [0.2, 0.25) is 0 Å². The first-order chi connectivity index (χ1) is 16.3. The van der Waals surface area contributed by atoms with Gasteiger partial charge < -0.3 is 4.90 Å². The summed E-state index contributed by atoms with van der Waals surface area (Å²) in [5, 5.41) is 2.71. The number of thiophene rings is 1. The van der Waals surface area contributed by atoms with Gasteiger partial charge in [0.15, 0.2) is 0 Å². The van der Waals surface area contributed by atoms with Gasteiger partial charge >= 0.3 is 0 Å². The Bertz CT molecular complexity index is 1490. The molecule has 2 heteroatoms. The molecule has 0 amide bonds. The Morgan fingerprint density at radius 1 is 0.455 bits per heavy atom. The number of rotatable bonds is 5. The second-order valence-electron chi connectivity index (χ2n) is 8.28. The van der Waals surface area contributed by atoms with E-state index in [2.05, 4.69) is 132 Å². The third-order valence-corrected chi connectivity index (χ3v) is 7.20. The first-order valence-corrected chi connectivity index (χ1v) is 12.1. The maximum atomic E-state index is 2.37. The highest BCUT2D eigenvalue weighted by atomic mass is 32.1. The summed E-state index contributed by atoms with van der Waals surface area (Å²) in [6.45, 7) is 0. The van der Waals surface area contributed by atoms with Crippen LogP contribution < -0.4 is 4.90 Å². The lowest BCUT2D eigenvalue weighted by Gasteiger charge is -2.25. The van der Waals surface area contributed by atoms with E-state index in [9.17, 15) is 0 Å². The van der Waals surface area contributed by atoms with Crippen molar-refractivity contribution in [1.82, 2.24) is 0 Å². The van der Waals surface area contributed by atoms with Crippen LogP contribution in [0.25, 0.3) is 20.2 Å². The van der Waals surface area contributed by atoms with E-state index in [-0.39, 0.29) is 0 Å². The van der Waals surface area contributed by atoms with E-state index in [1.165, 1.54) is 37.0 Å². The van der Waals surface area contributed by atoms with E-state index in [1.807, 2.05) is 11.3 Å². The van der Waals surface area contributed by atoms with Gasteiger partial charge in [0.1, 0.15) is 0 Å². The summed E-state index contributed by atoms with van der Waals surface area (Å²) in [5.74, 6) is 0. The van der Waals surface area contributed by atoms with Crippen molar-refractivity contribution in [2.45, 2.75) is 6.42 Å². The van der Waals surface area contributed by atoms with Gasteiger partial charge in [-0.25, -0.2) is 0 Å². The molecule has 5 aromatic carbocycles. The molecule has 0 saturated carbocycles. The van der Waals surface area contributed by atoms with Crippen LogP contribution in [0.5, 0.6) is 0 Å². The fraction of sp³-hybridized carbons (Fsp3) is 0.0323. The fourth-order valence-electron chi connectivity index (χ4n) is 4.53. The maximum Gasteiger partial charge on any atom is 0.0464 e. The van der Waals surface area contributed by atoms with Crippen LogP contribution in [-0.4, -0.2) is 0 Å². The first-order valence-electron chi connectivity index (χ1n) is 11.2. The van der Waals surface area contributed by atoms with Gasteiger partial charge in [0.05, 0.1) is 0 Å². The van der Waals surface area contributed by atoms with Gasteiger partial charge in [-0.05, 0) is 72.1 Å². The second-order valence-corrected chi connectivity index (χ2v) is 9.37. The van der Waals surface area contributed by atoms with E-state index >= 15 is 0 Å². The van der Waals surface area contributed by atoms with Crippen LogP contribution in [0.3, 0.4) is 0 Å². The minimum absolute atomic E-state index is 0.908. The standard InChI is InChI=1S/C31H23NS/c1-3-11-25(12-4-1)32(26-13-5-2-6-14-26)27-15-9-10-23(21-27)20-24-18-19-31-29(22-24)28-16-7-8-17-30(28)33-31/h1-19,21-22H,20H2. The summed E-state index contributed by atoms with van der Waals surface area (Å²) in [6.07, 6.45) is 0.908. The molecule has 158 valence electrons. The Kier molecular flexibility index (Phi) is 5.14. The summed E-state index contributed by atoms with van der Waals surface area (Å²) in [7, 11) is 0. The lowest BCUT2D eigenvalue weighted by atomic mass is 10.0. The average molecular weight is 442 g/mol. The molecule has 0 spiro atoms. The highest BCUT2D eigenvalue weighted by Crippen LogP contribution is 2.36. The van der Waals surface area contributed by atoms with Crippen LogP contribution in [0.4, 0.5) is 17.1 Å². The smallest absolute Gasteiger partial charge is 0.0464 e. The molecular weight excluding hydrogens is 418 g/mol. The van der Waals surface area contributed by atoms with Crippen LogP contribution in [0.2, 0.25) is 0 Å². The van der Waals surface area contributed by atoms with Crippen molar-refractivity contribution in [2.75, 3.05) is 4.90 Å². The number of para-hydroxylation sites is 2. The molecule has 1 heterocycles. The fourth-order valence-corrected chi connectivity index (χ4v) is 5.61. The molecular formula is C31H23NS. The molecule has 0 aliphatic carbocycles.